The van der Waals surface area contributed by atoms with Crippen LogP contribution in [0.25, 0.3) is 0 Å². The SMILES string of the molecule is Cc1nc(CC(C)C)sc1C(=O)NC1CCCCC1. The van der Waals surface area contributed by atoms with Gasteiger partial charge in [-0.15, -0.1) is 11.3 Å². The number of aryl methyl sites for hydroxylation is 1. The van der Waals surface area contributed by atoms with Gasteiger partial charge in [0.15, 0.2) is 0 Å². The molecule has 0 bridgehead atoms. The quantitative estimate of drug-likeness (QED) is 0.913. The Bertz CT molecular complexity index is 433. The van der Waals surface area contributed by atoms with Gasteiger partial charge in [-0.1, -0.05) is 33.1 Å². The first-order valence-corrected chi connectivity index (χ1v) is 8.15. The molecule has 0 aromatic carbocycles. The smallest absolute Gasteiger partial charge is 0.263 e. The molecule has 0 aliphatic heterocycles. The Morgan fingerprint density at radius 2 is 2.05 bits per heavy atom. The van der Waals surface area contributed by atoms with Crippen LogP contribution in [0.3, 0.4) is 0 Å². The van der Waals surface area contributed by atoms with Crippen LogP contribution < -0.4 is 5.32 Å². The lowest BCUT2D eigenvalue weighted by Crippen LogP contribution is -2.36. The molecule has 4 heteroatoms. The van der Waals surface area contributed by atoms with Crippen LogP contribution in [-0.4, -0.2) is 16.9 Å². The third kappa shape index (κ3) is 4.03. The lowest BCUT2D eigenvalue weighted by molar-refractivity contribution is 0.0931. The predicted octanol–water partition coefficient (Wildman–Crippen LogP) is 3.71. The number of amides is 1. The van der Waals surface area contributed by atoms with Gasteiger partial charge in [0, 0.05) is 12.5 Å². The van der Waals surface area contributed by atoms with Crippen LogP contribution in [0, 0.1) is 12.8 Å². The third-order valence-electron chi connectivity index (χ3n) is 3.57. The van der Waals surface area contributed by atoms with Crippen LogP contribution in [0.1, 0.15) is 66.3 Å². The molecule has 1 N–H and O–H groups in total. The topological polar surface area (TPSA) is 42.0 Å². The highest BCUT2D eigenvalue weighted by Crippen LogP contribution is 2.22. The second-order valence-corrected chi connectivity index (χ2v) is 7.01. The van der Waals surface area contributed by atoms with Crippen LogP contribution in [0.4, 0.5) is 0 Å². The van der Waals surface area contributed by atoms with E-state index in [1.807, 2.05) is 6.92 Å². The first kappa shape index (κ1) is 14.5. The first-order valence-electron chi connectivity index (χ1n) is 7.33. The standard InChI is InChI=1S/C15H24N2OS/c1-10(2)9-13-16-11(3)14(19-13)15(18)17-12-7-5-4-6-8-12/h10,12H,4-9H2,1-3H3,(H,17,18). The first-order chi connectivity index (χ1) is 9.06. The molecule has 0 spiro atoms. The van der Waals surface area contributed by atoms with Crippen LogP contribution in [-0.2, 0) is 6.42 Å². The van der Waals surface area contributed by atoms with E-state index in [1.165, 1.54) is 19.3 Å². The van der Waals surface area contributed by atoms with Gasteiger partial charge in [-0.05, 0) is 25.7 Å². The molecule has 1 aliphatic rings. The van der Waals surface area contributed by atoms with Crippen molar-refractivity contribution >= 4 is 17.2 Å². The molecule has 19 heavy (non-hydrogen) atoms. The highest BCUT2D eigenvalue weighted by molar-refractivity contribution is 7.13. The Kier molecular flexibility index (Phi) is 4.97. The second kappa shape index (κ2) is 6.51. The summed E-state index contributed by atoms with van der Waals surface area (Å²) in [6.45, 7) is 6.30. The van der Waals surface area contributed by atoms with E-state index in [2.05, 4.69) is 24.1 Å². The molecular formula is C15H24N2OS. The molecule has 0 saturated heterocycles. The molecule has 0 radical (unpaired) electrons. The number of aromatic nitrogens is 1. The second-order valence-electron chi connectivity index (χ2n) is 5.93. The fraction of sp³-hybridized carbons (Fsp3) is 0.733. The lowest BCUT2D eigenvalue weighted by Gasteiger charge is -2.22. The van der Waals surface area contributed by atoms with Crippen molar-refractivity contribution in [2.24, 2.45) is 5.92 Å². The van der Waals surface area contributed by atoms with Crippen molar-refractivity contribution in [1.29, 1.82) is 0 Å². The maximum absolute atomic E-state index is 12.3. The van der Waals surface area contributed by atoms with E-state index in [1.54, 1.807) is 11.3 Å². The van der Waals surface area contributed by atoms with Gasteiger partial charge in [0.1, 0.15) is 4.88 Å². The number of nitrogens with zero attached hydrogens (tertiary/aromatic N) is 1. The van der Waals surface area contributed by atoms with Crippen molar-refractivity contribution in [2.75, 3.05) is 0 Å². The molecule has 1 aromatic rings. The van der Waals surface area contributed by atoms with E-state index in [9.17, 15) is 4.79 Å². The maximum atomic E-state index is 12.3. The average Bonchev–Trinajstić information content (AvgIpc) is 2.70. The van der Waals surface area contributed by atoms with Crippen LogP contribution in [0.5, 0.6) is 0 Å². The molecule has 0 atom stereocenters. The van der Waals surface area contributed by atoms with Crippen molar-refractivity contribution in [2.45, 2.75) is 65.3 Å². The van der Waals surface area contributed by atoms with Crippen molar-refractivity contribution in [1.82, 2.24) is 10.3 Å². The Morgan fingerprint density at radius 3 is 2.68 bits per heavy atom. The molecule has 1 amide bonds. The van der Waals surface area contributed by atoms with Gasteiger partial charge >= 0.3 is 0 Å². The summed E-state index contributed by atoms with van der Waals surface area (Å²) in [5.41, 5.74) is 0.883. The van der Waals surface area contributed by atoms with E-state index < -0.39 is 0 Å². The van der Waals surface area contributed by atoms with Crippen LogP contribution >= 0.6 is 11.3 Å². The van der Waals surface area contributed by atoms with Crippen molar-refractivity contribution in [3.8, 4) is 0 Å². The molecule has 1 saturated carbocycles. The van der Waals surface area contributed by atoms with E-state index >= 15 is 0 Å². The summed E-state index contributed by atoms with van der Waals surface area (Å²) in [7, 11) is 0. The number of hydrogen-bond acceptors (Lipinski definition) is 3. The summed E-state index contributed by atoms with van der Waals surface area (Å²) >= 11 is 1.56. The van der Waals surface area contributed by atoms with Crippen molar-refractivity contribution in [3.63, 3.8) is 0 Å². The number of carbonyl (C=O) groups excluding carboxylic acids is 1. The molecule has 1 aliphatic carbocycles. The number of nitrogens with one attached hydrogen (secondary N) is 1. The third-order valence-corrected chi connectivity index (χ3v) is 4.75. The van der Waals surface area contributed by atoms with Gasteiger partial charge in [0.05, 0.1) is 10.7 Å². The van der Waals surface area contributed by atoms with Gasteiger partial charge in [0.2, 0.25) is 0 Å². The largest absolute Gasteiger partial charge is 0.349 e. The highest BCUT2D eigenvalue weighted by Gasteiger charge is 2.20. The van der Waals surface area contributed by atoms with E-state index in [4.69, 9.17) is 0 Å². The molecular weight excluding hydrogens is 256 g/mol. The predicted molar refractivity (Wildman–Crippen MR) is 79.7 cm³/mol. The fourth-order valence-electron chi connectivity index (χ4n) is 2.60. The lowest BCUT2D eigenvalue weighted by atomic mass is 9.95. The van der Waals surface area contributed by atoms with E-state index in [0.29, 0.717) is 12.0 Å². The average molecular weight is 280 g/mol. The Balaban J connectivity index is 1.99. The number of thiazole rings is 1. The summed E-state index contributed by atoms with van der Waals surface area (Å²) < 4.78 is 0. The van der Waals surface area contributed by atoms with Gasteiger partial charge in [-0.2, -0.15) is 0 Å². The molecule has 2 rings (SSSR count). The minimum Gasteiger partial charge on any atom is -0.349 e. The number of rotatable bonds is 4. The summed E-state index contributed by atoms with van der Waals surface area (Å²) in [5.74, 6) is 0.664. The maximum Gasteiger partial charge on any atom is 0.263 e. The minimum absolute atomic E-state index is 0.0805. The molecule has 3 nitrogen and oxygen atoms in total. The normalized spacial score (nSPS) is 16.8. The highest BCUT2D eigenvalue weighted by atomic mass is 32.1. The summed E-state index contributed by atoms with van der Waals surface area (Å²) in [5, 5.41) is 4.26. The zero-order chi connectivity index (χ0) is 13.8. The summed E-state index contributed by atoms with van der Waals surface area (Å²) in [6, 6.07) is 0.372. The van der Waals surface area contributed by atoms with Gasteiger partial charge in [-0.25, -0.2) is 4.98 Å². The monoisotopic (exact) mass is 280 g/mol. The molecule has 1 aromatic heterocycles. The Labute approximate surface area is 119 Å². The molecule has 1 heterocycles. The minimum atomic E-state index is 0.0805. The zero-order valence-corrected chi connectivity index (χ0v) is 13.0. The Hall–Kier alpha value is -0.900. The van der Waals surface area contributed by atoms with E-state index in [-0.39, 0.29) is 5.91 Å². The van der Waals surface area contributed by atoms with Crippen molar-refractivity contribution < 1.29 is 4.79 Å². The molecule has 106 valence electrons. The van der Waals surface area contributed by atoms with Gasteiger partial charge in [-0.3, -0.25) is 4.79 Å². The Morgan fingerprint density at radius 1 is 1.37 bits per heavy atom. The molecule has 1 fully saturated rings. The summed E-state index contributed by atoms with van der Waals surface area (Å²) in [6.07, 6.45) is 7.01. The van der Waals surface area contributed by atoms with Crippen LogP contribution in [0.15, 0.2) is 0 Å². The van der Waals surface area contributed by atoms with Crippen LogP contribution in [0.2, 0.25) is 0 Å². The van der Waals surface area contributed by atoms with Crippen molar-refractivity contribution in [3.05, 3.63) is 15.6 Å². The van der Waals surface area contributed by atoms with E-state index in [0.717, 1.165) is 34.8 Å². The number of hydrogen-bond donors (Lipinski definition) is 1. The van der Waals surface area contributed by atoms with Gasteiger partial charge < -0.3 is 5.32 Å². The fourth-order valence-corrected chi connectivity index (χ4v) is 3.78. The number of carbonyl (C=O) groups is 1. The van der Waals surface area contributed by atoms with Gasteiger partial charge in [0.25, 0.3) is 5.91 Å². The zero-order valence-electron chi connectivity index (χ0n) is 12.2. The molecule has 0 unspecified atom stereocenters. The summed E-state index contributed by atoms with van der Waals surface area (Å²) in [4.78, 5) is 17.6.